The molecule has 1 aliphatic carbocycles. The van der Waals surface area contributed by atoms with Crippen LogP contribution in [0.1, 0.15) is 31.2 Å². The number of nitrogens with two attached hydrogens (primary N) is 1. The summed E-state index contributed by atoms with van der Waals surface area (Å²) in [4.78, 5) is 0. The molecular weight excluding hydrogens is 184 g/mol. The van der Waals surface area contributed by atoms with Gasteiger partial charge in [0.25, 0.3) is 0 Å². The van der Waals surface area contributed by atoms with Crippen LogP contribution in [-0.2, 0) is 5.41 Å². The van der Waals surface area contributed by atoms with Gasteiger partial charge in [0, 0.05) is 6.04 Å². The Bertz CT molecular complexity index is 356. The van der Waals surface area contributed by atoms with Crippen molar-refractivity contribution in [2.24, 2.45) is 5.73 Å². The van der Waals surface area contributed by atoms with Crippen LogP contribution >= 0.6 is 0 Å². The second-order valence-corrected chi connectivity index (χ2v) is 4.40. The van der Waals surface area contributed by atoms with Crippen LogP contribution in [0, 0.1) is 11.3 Å². The zero-order valence-electron chi connectivity index (χ0n) is 8.82. The Balaban J connectivity index is 2.28. The molecule has 78 valence electrons. The first-order valence-corrected chi connectivity index (χ1v) is 5.49. The van der Waals surface area contributed by atoms with Gasteiger partial charge in [-0.25, -0.2) is 0 Å². The molecule has 1 saturated carbocycles. The number of nitrogens with zero attached hydrogens (tertiary/aromatic N) is 1. The van der Waals surface area contributed by atoms with Crippen LogP contribution in [0.4, 0.5) is 0 Å². The molecule has 2 nitrogen and oxygen atoms in total. The smallest absolute Gasteiger partial charge is 0.0823 e. The lowest BCUT2D eigenvalue weighted by molar-refractivity contribution is 0.332. The first-order chi connectivity index (χ1) is 7.27. The monoisotopic (exact) mass is 200 g/mol. The molecule has 2 heteroatoms. The molecule has 2 N–H and O–H groups in total. The molecule has 0 heterocycles. The molecule has 1 aliphatic rings. The zero-order valence-corrected chi connectivity index (χ0v) is 8.82. The molecule has 1 fully saturated rings. The van der Waals surface area contributed by atoms with Gasteiger partial charge in [-0.15, -0.1) is 0 Å². The summed E-state index contributed by atoms with van der Waals surface area (Å²) in [5.41, 5.74) is 6.75. The maximum atomic E-state index is 9.39. The van der Waals surface area contributed by atoms with Gasteiger partial charge < -0.3 is 5.73 Å². The third-order valence-electron chi connectivity index (χ3n) is 3.42. The highest BCUT2D eigenvalue weighted by molar-refractivity contribution is 5.33. The minimum atomic E-state index is -0.281. The van der Waals surface area contributed by atoms with Crippen LogP contribution in [0.15, 0.2) is 30.3 Å². The van der Waals surface area contributed by atoms with Gasteiger partial charge in [-0.1, -0.05) is 30.3 Å². The lowest BCUT2D eigenvalue weighted by Gasteiger charge is -2.33. The van der Waals surface area contributed by atoms with E-state index in [1.165, 1.54) is 0 Å². The minimum absolute atomic E-state index is 0.281. The highest BCUT2D eigenvalue weighted by atomic mass is 14.6. The lowest BCUT2D eigenvalue weighted by atomic mass is 9.69. The molecular formula is C13H16N2. The Morgan fingerprint density at radius 1 is 1.20 bits per heavy atom. The maximum Gasteiger partial charge on any atom is 0.0823 e. The predicted molar refractivity (Wildman–Crippen MR) is 60.2 cm³/mol. The molecule has 0 aliphatic heterocycles. The largest absolute Gasteiger partial charge is 0.328 e. The van der Waals surface area contributed by atoms with E-state index in [9.17, 15) is 5.26 Å². The predicted octanol–water partition coefficient (Wildman–Crippen LogP) is 2.35. The first kappa shape index (κ1) is 10.2. The van der Waals surface area contributed by atoms with E-state index in [-0.39, 0.29) is 11.5 Å². The molecule has 15 heavy (non-hydrogen) atoms. The molecule has 0 amide bonds. The molecule has 0 radical (unpaired) electrons. The molecule has 0 saturated heterocycles. The van der Waals surface area contributed by atoms with Crippen molar-refractivity contribution >= 4 is 0 Å². The van der Waals surface area contributed by atoms with Gasteiger partial charge >= 0.3 is 0 Å². The second kappa shape index (κ2) is 4.04. The molecule has 1 aromatic carbocycles. The van der Waals surface area contributed by atoms with Crippen LogP contribution in [0.3, 0.4) is 0 Å². The average molecular weight is 200 g/mol. The highest BCUT2D eigenvalue weighted by Crippen LogP contribution is 2.38. The normalized spacial score (nSPS) is 30.8. The molecule has 0 aromatic heterocycles. The zero-order chi connectivity index (χ0) is 10.7. The van der Waals surface area contributed by atoms with Crippen LogP contribution in [0.2, 0.25) is 0 Å². The summed E-state index contributed by atoms with van der Waals surface area (Å²) in [6.07, 6.45) is 3.72. The van der Waals surface area contributed by atoms with E-state index in [2.05, 4.69) is 18.2 Å². The van der Waals surface area contributed by atoms with E-state index in [4.69, 9.17) is 5.73 Å². The van der Waals surface area contributed by atoms with E-state index in [0.717, 1.165) is 31.2 Å². The Morgan fingerprint density at radius 3 is 2.33 bits per heavy atom. The van der Waals surface area contributed by atoms with E-state index >= 15 is 0 Å². The Kier molecular flexibility index (Phi) is 2.75. The number of benzene rings is 1. The van der Waals surface area contributed by atoms with Crippen molar-refractivity contribution in [3.05, 3.63) is 35.9 Å². The standard InChI is InChI=1S/C13H16N2/c14-10-13(8-6-12(15)7-9-13)11-4-2-1-3-5-11/h1-5,12H,6-9,15H2. The Hall–Kier alpha value is -1.33. The van der Waals surface area contributed by atoms with Gasteiger partial charge in [0.1, 0.15) is 0 Å². The van der Waals surface area contributed by atoms with Gasteiger partial charge in [0.05, 0.1) is 11.5 Å². The summed E-state index contributed by atoms with van der Waals surface area (Å²) < 4.78 is 0. The topological polar surface area (TPSA) is 49.8 Å². The van der Waals surface area contributed by atoms with Crippen molar-refractivity contribution in [2.75, 3.05) is 0 Å². The average Bonchev–Trinajstić information content (AvgIpc) is 2.32. The van der Waals surface area contributed by atoms with Crippen LogP contribution in [-0.4, -0.2) is 6.04 Å². The maximum absolute atomic E-state index is 9.39. The van der Waals surface area contributed by atoms with Crippen molar-refractivity contribution in [3.8, 4) is 6.07 Å². The summed E-state index contributed by atoms with van der Waals surface area (Å²) >= 11 is 0. The van der Waals surface area contributed by atoms with Crippen LogP contribution in [0.5, 0.6) is 0 Å². The molecule has 2 rings (SSSR count). The third kappa shape index (κ3) is 1.88. The van der Waals surface area contributed by atoms with Gasteiger partial charge in [-0.3, -0.25) is 0 Å². The van der Waals surface area contributed by atoms with E-state index in [1.807, 2.05) is 18.2 Å². The number of rotatable bonds is 1. The number of hydrogen-bond donors (Lipinski definition) is 1. The Labute approximate surface area is 90.7 Å². The summed E-state index contributed by atoms with van der Waals surface area (Å²) in [7, 11) is 0. The quantitative estimate of drug-likeness (QED) is 0.756. The fourth-order valence-corrected chi connectivity index (χ4v) is 2.36. The number of nitriles is 1. The van der Waals surface area contributed by atoms with Crippen molar-refractivity contribution in [3.63, 3.8) is 0 Å². The fourth-order valence-electron chi connectivity index (χ4n) is 2.36. The van der Waals surface area contributed by atoms with E-state index in [0.29, 0.717) is 0 Å². The van der Waals surface area contributed by atoms with E-state index < -0.39 is 0 Å². The van der Waals surface area contributed by atoms with Crippen LogP contribution < -0.4 is 5.73 Å². The third-order valence-corrected chi connectivity index (χ3v) is 3.42. The van der Waals surface area contributed by atoms with Gasteiger partial charge in [-0.2, -0.15) is 5.26 Å². The lowest BCUT2D eigenvalue weighted by Crippen LogP contribution is -2.35. The summed E-state index contributed by atoms with van der Waals surface area (Å²) in [6, 6.07) is 12.9. The molecule has 0 spiro atoms. The summed E-state index contributed by atoms with van der Waals surface area (Å²) in [5, 5.41) is 9.39. The molecule has 1 aromatic rings. The van der Waals surface area contributed by atoms with Gasteiger partial charge in [0.2, 0.25) is 0 Å². The van der Waals surface area contributed by atoms with Gasteiger partial charge in [0.15, 0.2) is 0 Å². The van der Waals surface area contributed by atoms with Gasteiger partial charge in [-0.05, 0) is 31.2 Å². The van der Waals surface area contributed by atoms with Crippen molar-refractivity contribution in [1.29, 1.82) is 5.26 Å². The second-order valence-electron chi connectivity index (χ2n) is 4.40. The van der Waals surface area contributed by atoms with Crippen molar-refractivity contribution in [2.45, 2.75) is 37.1 Å². The minimum Gasteiger partial charge on any atom is -0.328 e. The summed E-state index contributed by atoms with van der Waals surface area (Å²) in [5.74, 6) is 0. The van der Waals surface area contributed by atoms with E-state index in [1.54, 1.807) is 0 Å². The number of hydrogen-bond acceptors (Lipinski definition) is 2. The first-order valence-electron chi connectivity index (χ1n) is 5.49. The van der Waals surface area contributed by atoms with Crippen molar-refractivity contribution < 1.29 is 0 Å². The fraction of sp³-hybridized carbons (Fsp3) is 0.462. The SMILES string of the molecule is N#CC1(c2ccccc2)CCC(N)CC1. The highest BCUT2D eigenvalue weighted by Gasteiger charge is 2.35. The molecule has 0 bridgehead atoms. The molecule has 0 atom stereocenters. The van der Waals surface area contributed by atoms with Crippen LogP contribution in [0.25, 0.3) is 0 Å². The molecule has 0 unspecified atom stereocenters. The summed E-state index contributed by atoms with van der Waals surface area (Å²) in [6.45, 7) is 0. The van der Waals surface area contributed by atoms with Crippen molar-refractivity contribution in [1.82, 2.24) is 0 Å². The Morgan fingerprint density at radius 2 is 1.80 bits per heavy atom.